The van der Waals surface area contributed by atoms with Crippen molar-refractivity contribution in [2.24, 2.45) is 0 Å². The van der Waals surface area contributed by atoms with Crippen LogP contribution in [0.15, 0.2) is 47.4 Å². The number of carbonyl (C=O) groups is 3. The van der Waals surface area contributed by atoms with Gasteiger partial charge >= 0.3 is 17.9 Å². The zero-order valence-electron chi connectivity index (χ0n) is 19.3. The Bertz CT molecular complexity index is 1160. The number of hydrogen-bond acceptors (Lipinski definition) is 9. The van der Waals surface area contributed by atoms with E-state index in [0.29, 0.717) is 18.7 Å². The Kier molecular flexibility index (Phi) is 7.57. The van der Waals surface area contributed by atoms with Crippen LogP contribution in [0.2, 0.25) is 0 Å². The van der Waals surface area contributed by atoms with Crippen LogP contribution in [-0.4, -0.2) is 77.6 Å². The van der Waals surface area contributed by atoms with E-state index in [0.717, 1.165) is 5.69 Å². The first-order chi connectivity index (χ1) is 16.1. The molecule has 1 aliphatic heterocycles. The highest BCUT2D eigenvalue weighted by Gasteiger charge is 2.35. The van der Waals surface area contributed by atoms with Gasteiger partial charge in [0.25, 0.3) is 0 Å². The molecule has 1 heterocycles. The van der Waals surface area contributed by atoms with Crippen molar-refractivity contribution < 1.29 is 37.0 Å². The molecule has 0 aliphatic carbocycles. The summed E-state index contributed by atoms with van der Waals surface area (Å²) in [6, 6.07) is 10.1. The van der Waals surface area contributed by atoms with Crippen LogP contribution in [0.3, 0.4) is 0 Å². The summed E-state index contributed by atoms with van der Waals surface area (Å²) in [6.07, 6.45) is 0. The van der Waals surface area contributed by atoms with Gasteiger partial charge in [-0.2, -0.15) is 4.31 Å². The highest BCUT2D eigenvalue weighted by atomic mass is 32.2. The summed E-state index contributed by atoms with van der Waals surface area (Å²) in [7, 11) is -0.391. The zero-order chi connectivity index (χ0) is 25.0. The van der Waals surface area contributed by atoms with Gasteiger partial charge in [0.2, 0.25) is 10.0 Å². The molecule has 11 heteroatoms. The van der Waals surface area contributed by atoms with Gasteiger partial charge in [-0.05, 0) is 49.4 Å². The van der Waals surface area contributed by atoms with Gasteiger partial charge in [-0.25, -0.2) is 22.8 Å². The van der Waals surface area contributed by atoms with Gasteiger partial charge in [-0.15, -0.1) is 0 Å². The van der Waals surface area contributed by atoms with Crippen molar-refractivity contribution in [3.63, 3.8) is 0 Å². The quantitative estimate of drug-likeness (QED) is 0.442. The number of carbonyl (C=O) groups excluding carboxylic acids is 3. The first kappa shape index (κ1) is 25.2. The van der Waals surface area contributed by atoms with Crippen molar-refractivity contribution in [1.82, 2.24) is 4.31 Å². The van der Waals surface area contributed by atoms with E-state index in [9.17, 15) is 22.8 Å². The number of anilines is 1. The van der Waals surface area contributed by atoms with Crippen LogP contribution in [0, 0.1) is 0 Å². The molecular formula is C23H26N2O8S. The second-order valence-corrected chi connectivity index (χ2v) is 9.57. The SMILES string of the molecule is COC(=O)c1ccc(N2CCN(S(=O)(=O)c3cc(C(=O)OC)cc(C(=O)OC)c3)C(C)C2)cc1. The van der Waals surface area contributed by atoms with E-state index in [4.69, 9.17) is 14.2 Å². The standard InChI is InChI=1S/C23H26N2O8S/c1-15-14-24(19-7-5-16(6-8-19)21(26)31-2)9-10-25(15)34(29,30)20-12-17(22(27)32-3)11-18(13-20)23(28)33-4/h5-8,11-13,15H,9-10,14H2,1-4H3. The lowest BCUT2D eigenvalue weighted by atomic mass is 10.1. The van der Waals surface area contributed by atoms with Gasteiger partial charge < -0.3 is 19.1 Å². The zero-order valence-corrected chi connectivity index (χ0v) is 20.1. The molecule has 0 spiro atoms. The molecule has 0 saturated carbocycles. The largest absolute Gasteiger partial charge is 0.465 e. The second kappa shape index (κ2) is 10.2. The van der Waals surface area contributed by atoms with E-state index < -0.39 is 34.0 Å². The first-order valence-corrected chi connectivity index (χ1v) is 11.8. The molecule has 0 radical (unpaired) electrons. The van der Waals surface area contributed by atoms with E-state index in [-0.39, 0.29) is 22.6 Å². The van der Waals surface area contributed by atoms with Gasteiger partial charge in [0.15, 0.2) is 0 Å². The molecule has 34 heavy (non-hydrogen) atoms. The number of hydrogen-bond donors (Lipinski definition) is 0. The molecule has 1 saturated heterocycles. The fourth-order valence-electron chi connectivity index (χ4n) is 3.81. The number of ether oxygens (including phenoxy) is 3. The number of rotatable bonds is 6. The molecule has 1 atom stereocenters. The molecule has 0 N–H and O–H groups in total. The number of benzene rings is 2. The molecule has 2 aromatic rings. The molecule has 1 aliphatic rings. The normalized spacial score (nSPS) is 16.6. The van der Waals surface area contributed by atoms with Crippen LogP contribution in [0.4, 0.5) is 5.69 Å². The second-order valence-electron chi connectivity index (χ2n) is 7.68. The van der Waals surface area contributed by atoms with Crippen LogP contribution < -0.4 is 4.90 Å². The van der Waals surface area contributed by atoms with E-state index in [1.54, 1.807) is 31.2 Å². The molecular weight excluding hydrogens is 464 g/mol. The van der Waals surface area contributed by atoms with Crippen molar-refractivity contribution in [3.05, 3.63) is 59.2 Å². The Morgan fingerprint density at radius 2 is 1.29 bits per heavy atom. The lowest BCUT2D eigenvalue weighted by Gasteiger charge is -2.40. The highest BCUT2D eigenvalue weighted by Crippen LogP contribution is 2.27. The van der Waals surface area contributed by atoms with E-state index in [1.807, 2.05) is 4.90 Å². The summed E-state index contributed by atoms with van der Waals surface area (Å²) >= 11 is 0. The first-order valence-electron chi connectivity index (χ1n) is 10.4. The molecule has 10 nitrogen and oxygen atoms in total. The van der Waals surface area contributed by atoms with Crippen molar-refractivity contribution in [1.29, 1.82) is 0 Å². The van der Waals surface area contributed by atoms with Crippen molar-refractivity contribution >= 4 is 33.6 Å². The van der Waals surface area contributed by atoms with E-state index >= 15 is 0 Å². The lowest BCUT2D eigenvalue weighted by Crippen LogP contribution is -2.54. The number of nitrogens with zero attached hydrogens (tertiary/aromatic N) is 2. The van der Waals surface area contributed by atoms with Crippen molar-refractivity contribution in [2.45, 2.75) is 17.9 Å². The molecule has 0 amide bonds. The minimum absolute atomic E-state index is 0.0686. The van der Waals surface area contributed by atoms with Gasteiger partial charge in [-0.1, -0.05) is 0 Å². The average molecular weight is 491 g/mol. The third kappa shape index (κ3) is 5.05. The Morgan fingerprint density at radius 3 is 1.76 bits per heavy atom. The number of sulfonamides is 1. The Hall–Kier alpha value is -3.44. The number of methoxy groups -OCH3 is 3. The van der Waals surface area contributed by atoms with Crippen LogP contribution in [-0.2, 0) is 24.2 Å². The van der Waals surface area contributed by atoms with Crippen molar-refractivity contribution in [3.8, 4) is 0 Å². The lowest BCUT2D eigenvalue weighted by molar-refractivity contribution is 0.0587. The monoisotopic (exact) mass is 490 g/mol. The molecule has 182 valence electrons. The summed E-state index contributed by atoms with van der Waals surface area (Å²) in [5.41, 5.74) is 1.13. The van der Waals surface area contributed by atoms with E-state index in [1.165, 1.54) is 43.8 Å². The topological polar surface area (TPSA) is 120 Å². The molecule has 3 rings (SSSR count). The fraction of sp³-hybridized carbons (Fsp3) is 0.348. The minimum atomic E-state index is -4.04. The summed E-state index contributed by atoms with van der Waals surface area (Å²) in [5, 5.41) is 0. The van der Waals surface area contributed by atoms with Crippen LogP contribution in [0.1, 0.15) is 38.0 Å². The summed E-state index contributed by atoms with van der Waals surface area (Å²) in [6.45, 7) is 2.76. The summed E-state index contributed by atoms with van der Waals surface area (Å²) in [4.78, 5) is 37.6. The maximum absolute atomic E-state index is 13.5. The minimum Gasteiger partial charge on any atom is -0.465 e. The predicted octanol–water partition coefficient (Wildman–Crippen LogP) is 1.95. The Labute approximate surface area is 198 Å². The Morgan fingerprint density at radius 1 is 0.794 bits per heavy atom. The average Bonchev–Trinajstić information content (AvgIpc) is 2.86. The molecule has 1 unspecified atom stereocenters. The van der Waals surface area contributed by atoms with Gasteiger partial charge in [0, 0.05) is 31.4 Å². The van der Waals surface area contributed by atoms with Gasteiger partial charge in [-0.3, -0.25) is 0 Å². The van der Waals surface area contributed by atoms with E-state index in [2.05, 4.69) is 0 Å². The van der Waals surface area contributed by atoms with Crippen LogP contribution in [0.25, 0.3) is 0 Å². The predicted molar refractivity (Wildman–Crippen MR) is 122 cm³/mol. The summed E-state index contributed by atoms with van der Waals surface area (Å²) in [5.74, 6) is -1.97. The van der Waals surface area contributed by atoms with Crippen molar-refractivity contribution in [2.75, 3.05) is 45.9 Å². The Balaban J connectivity index is 1.86. The number of piperazine rings is 1. The maximum atomic E-state index is 13.5. The van der Waals surface area contributed by atoms with Gasteiger partial charge in [0.05, 0.1) is 42.9 Å². The third-order valence-electron chi connectivity index (χ3n) is 5.58. The van der Waals surface area contributed by atoms with Crippen LogP contribution >= 0.6 is 0 Å². The molecule has 0 bridgehead atoms. The summed E-state index contributed by atoms with van der Waals surface area (Å²) < 4.78 is 42.4. The number of esters is 3. The molecule has 1 fully saturated rings. The smallest absolute Gasteiger partial charge is 0.337 e. The maximum Gasteiger partial charge on any atom is 0.337 e. The molecule has 0 aromatic heterocycles. The van der Waals surface area contributed by atoms with Crippen LogP contribution in [0.5, 0.6) is 0 Å². The fourth-order valence-corrected chi connectivity index (χ4v) is 5.50. The van der Waals surface area contributed by atoms with Gasteiger partial charge in [0.1, 0.15) is 0 Å². The highest BCUT2D eigenvalue weighted by molar-refractivity contribution is 7.89. The molecule has 2 aromatic carbocycles. The third-order valence-corrected chi connectivity index (χ3v) is 7.57.